The molecule has 2 rings (SSSR count). The average Bonchev–Trinajstić information content (AvgIpc) is 3.13. The molecular weight excluding hydrogens is 382 g/mol. The third-order valence-corrected chi connectivity index (χ3v) is 4.56. The van der Waals surface area contributed by atoms with Crippen molar-refractivity contribution in [3.63, 3.8) is 0 Å². The molecule has 1 unspecified atom stereocenters. The van der Waals surface area contributed by atoms with Gasteiger partial charge in [-0.3, -0.25) is 0 Å². The molecule has 27 heavy (non-hydrogen) atoms. The van der Waals surface area contributed by atoms with Crippen LogP contribution in [0.5, 0.6) is 0 Å². The molecule has 9 heteroatoms. The average molecular weight is 403 g/mol. The largest absolute Gasteiger partial charge is 0.416 e. The van der Waals surface area contributed by atoms with Gasteiger partial charge in [0.2, 0.25) is 0 Å². The van der Waals surface area contributed by atoms with E-state index in [1.54, 1.807) is 13.0 Å². The first-order chi connectivity index (χ1) is 12.6. The number of nitrogens with one attached hydrogen (secondary N) is 2. The summed E-state index contributed by atoms with van der Waals surface area (Å²) in [5.74, 6) is -0.697. The molecule has 3 N–H and O–H groups in total. The molecule has 0 fully saturated rings. The number of aliphatic hydroxyl groups is 1. The first-order valence-corrected chi connectivity index (χ1v) is 9.20. The molecule has 4 nitrogen and oxygen atoms in total. The SMILES string of the molecule is CCNC(=NCc1ccc(F)cc1C(F)(F)F)NCC(C)(O)c1ccsc1. The number of aliphatic imine (C=N–C) groups is 1. The number of hydrogen-bond acceptors (Lipinski definition) is 3. The Kier molecular flexibility index (Phi) is 6.83. The number of thiophene rings is 1. The van der Waals surface area contributed by atoms with Crippen LogP contribution in [0.4, 0.5) is 17.6 Å². The molecule has 0 amide bonds. The van der Waals surface area contributed by atoms with Crippen LogP contribution >= 0.6 is 11.3 Å². The molecule has 0 spiro atoms. The van der Waals surface area contributed by atoms with Gasteiger partial charge in [0.25, 0.3) is 0 Å². The number of nitrogens with zero attached hydrogens (tertiary/aromatic N) is 1. The van der Waals surface area contributed by atoms with Crippen LogP contribution in [0, 0.1) is 5.82 Å². The zero-order valence-electron chi connectivity index (χ0n) is 14.9. The zero-order chi connectivity index (χ0) is 20.1. The van der Waals surface area contributed by atoms with Gasteiger partial charge in [0.1, 0.15) is 11.4 Å². The highest BCUT2D eigenvalue weighted by atomic mass is 32.1. The van der Waals surface area contributed by atoms with Crippen LogP contribution in [0.15, 0.2) is 40.0 Å². The van der Waals surface area contributed by atoms with Gasteiger partial charge in [0, 0.05) is 6.54 Å². The molecule has 0 saturated carbocycles. The second-order valence-electron chi connectivity index (χ2n) is 6.13. The molecule has 148 valence electrons. The minimum atomic E-state index is -4.67. The fourth-order valence-corrected chi connectivity index (χ4v) is 3.17. The van der Waals surface area contributed by atoms with Crippen molar-refractivity contribution < 1.29 is 22.7 Å². The van der Waals surface area contributed by atoms with E-state index < -0.39 is 23.2 Å². The van der Waals surface area contributed by atoms with Gasteiger partial charge in [0.15, 0.2) is 5.96 Å². The van der Waals surface area contributed by atoms with Crippen LogP contribution < -0.4 is 10.6 Å². The van der Waals surface area contributed by atoms with E-state index in [0.29, 0.717) is 12.6 Å². The fraction of sp³-hybridized carbons (Fsp3) is 0.389. The van der Waals surface area contributed by atoms with Crippen molar-refractivity contribution in [2.75, 3.05) is 13.1 Å². The van der Waals surface area contributed by atoms with E-state index in [4.69, 9.17) is 0 Å². The van der Waals surface area contributed by atoms with E-state index in [1.165, 1.54) is 11.3 Å². The molecule has 2 aromatic rings. The van der Waals surface area contributed by atoms with Crippen molar-refractivity contribution in [3.05, 3.63) is 57.5 Å². The summed E-state index contributed by atoms with van der Waals surface area (Å²) < 4.78 is 52.4. The first kappa shape index (κ1) is 21.2. The lowest BCUT2D eigenvalue weighted by molar-refractivity contribution is -0.138. The van der Waals surface area contributed by atoms with Crippen molar-refractivity contribution in [2.24, 2.45) is 4.99 Å². The van der Waals surface area contributed by atoms with Gasteiger partial charge in [-0.1, -0.05) is 6.07 Å². The zero-order valence-corrected chi connectivity index (χ0v) is 15.7. The lowest BCUT2D eigenvalue weighted by Gasteiger charge is -2.24. The predicted molar refractivity (Wildman–Crippen MR) is 98.1 cm³/mol. The molecule has 1 heterocycles. The number of rotatable bonds is 6. The predicted octanol–water partition coefficient (Wildman–Crippen LogP) is 3.87. The quantitative estimate of drug-likeness (QED) is 0.390. The van der Waals surface area contributed by atoms with E-state index in [9.17, 15) is 22.7 Å². The van der Waals surface area contributed by atoms with Gasteiger partial charge in [-0.05, 0) is 53.9 Å². The topological polar surface area (TPSA) is 56.7 Å². The minimum Gasteiger partial charge on any atom is -0.384 e. The summed E-state index contributed by atoms with van der Waals surface area (Å²) in [5.41, 5.74) is -1.62. The van der Waals surface area contributed by atoms with E-state index >= 15 is 0 Å². The molecule has 1 aromatic heterocycles. The minimum absolute atomic E-state index is 0.116. The van der Waals surface area contributed by atoms with Crippen LogP contribution in [0.25, 0.3) is 0 Å². The second-order valence-corrected chi connectivity index (χ2v) is 6.91. The number of hydrogen-bond donors (Lipinski definition) is 3. The summed E-state index contributed by atoms with van der Waals surface area (Å²) in [4.78, 5) is 4.14. The van der Waals surface area contributed by atoms with Crippen LogP contribution in [-0.2, 0) is 18.3 Å². The maximum absolute atomic E-state index is 13.2. The highest BCUT2D eigenvalue weighted by molar-refractivity contribution is 7.08. The van der Waals surface area contributed by atoms with Crippen molar-refractivity contribution in [1.29, 1.82) is 0 Å². The molecule has 1 aromatic carbocycles. The molecule has 1 atom stereocenters. The van der Waals surface area contributed by atoms with Crippen molar-refractivity contribution in [3.8, 4) is 0 Å². The molecule has 0 aliphatic rings. The molecule has 0 radical (unpaired) electrons. The van der Waals surface area contributed by atoms with Crippen LogP contribution in [0.2, 0.25) is 0 Å². The van der Waals surface area contributed by atoms with Gasteiger partial charge in [-0.25, -0.2) is 9.38 Å². The molecule has 0 saturated heterocycles. The molecule has 0 aliphatic heterocycles. The monoisotopic (exact) mass is 403 g/mol. The van der Waals surface area contributed by atoms with Crippen LogP contribution in [0.1, 0.15) is 30.5 Å². The number of alkyl halides is 3. The Bertz CT molecular complexity index is 773. The lowest BCUT2D eigenvalue weighted by atomic mass is 9.99. The van der Waals surface area contributed by atoms with Gasteiger partial charge < -0.3 is 15.7 Å². The van der Waals surface area contributed by atoms with Gasteiger partial charge >= 0.3 is 6.18 Å². The Balaban J connectivity index is 2.14. The van der Waals surface area contributed by atoms with Crippen molar-refractivity contribution in [2.45, 2.75) is 32.2 Å². The van der Waals surface area contributed by atoms with Gasteiger partial charge in [-0.15, -0.1) is 0 Å². The van der Waals surface area contributed by atoms with E-state index in [0.717, 1.165) is 17.7 Å². The number of guanidine groups is 1. The van der Waals surface area contributed by atoms with Gasteiger partial charge in [0.05, 0.1) is 18.7 Å². The Morgan fingerprint density at radius 3 is 2.56 bits per heavy atom. The summed E-state index contributed by atoms with van der Waals surface area (Å²) in [5, 5.41) is 20.0. The number of halogens is 4. The van der Waals surface area contributed by atoms with E-state index in [2.05, 4.69) is 15.6 Å². The summed E-state index contributed by atoms with van der Waals surface area (Å²) in [6.45, 7) is 3.76. The normalized spacial score (nSPS) is 14.7. The highest BCUT2D eigenvalue weighted by Gasteiger charge is 2.33. The standard InChI is InChI=1S/C18H21F4N3OS/c1-3-23-16(25-11-17(2,26)13-6-7-27-10-13)24-9-12-4-5-14(19)8-15(12)18(20,21)22/h4-8,10,26H,3,9,11H2,1-2H3,(H2,23,24,25). The second kappa shape index (κ2) is 8.71. The Morgan fingerprint density at radius 2 is 1.96 bits per heavy atom. The fourth-order valence-electron chi connectivity index (χ4n) is 2.39. The third-order valence-electron chi connectivity index (χ3n) is 3.87. The summed E-state index contributed by atoms with van der Waals surface area (Å²) in [6, 6.07) is 4.31. The molecular formula is C18H21F4N3OS. The van der Waals surface area contributed by atoms with E-state index in [1.807, 2.05) is 17.7 Å². The molecule has 0 bridgehead atoms. The summed E-state index contributed by atoms with van der Waals surface area (Å²) >= 11 is 1.45. The van der Waals surface area contributed by atoms with Crippen molar-refractivity contribution in [1.82, 2.24) is 10.6 Å². The van der Waals surface area contributed by atoms with Crippen LogP contribution in [-0.4, -0.2) is 24.2 Å². The smallest absolute Gasteiger partial charge is 0.384 e. The first-order valence-electron chi connectivity index (χ1n) is 8.26. The molecule has 0 aliphatic carbocycles. The maximum Gasteiger partial charge on any atom is 0.416 e. The maximum atomic E-state index is 13.2. The Morgan fingerprint density at radius 1 is 1.22 bits per heavy atom. The van der Waals surface area contributed by atoms with Crippen LogP contribution in [0.3, 0.4) is 0 Å². The summed E-state index contributed by atoms with van der Waals surface area (Å²) in [7, 11) is 0. The number of benzene rings is 1. The van der Waals surface area contributed by atoms with Crippen molar-refractivity contribution >= 4 is 17.3 Å². The Hall–Kier alpha value is -2.13. The van der Waals surface area contributed by atoms with E-state index in [-0.39, 0.29) is 24.6 Å². The van der Waals surface area contributed by atoms with Gasteiger partial charge in [-0.2, -0.15) is 24.5 Å². The summed E-state index contributed by atoms with van der Waals surface area (Å²) in [6.07, 6.45) is -4.67. The Labute approximate surface area is 158 Å². The lowest BCUT2D eigenvalue weighted by Crippen LogP contribution is -2.44. The highest BCUT2D eigenvalue weighted by Crippen LogP contribution is 2.32. The third kappa shape index (κ3) is 5.93.